The maximum Gasteiger partial charge on any atom is 0.151 e. The number of carbonyl (C=O) groups excluding carboxylic acids is 1. The van der Waals surface area contributed by atoms with Crippen LogP contribution in [0.3, 0.4) is 0 Å². The lowest BCUT2D eigenvalue weighted by Gasteiger charge is -2.26. The number of rotatable bonds is 3. The minimum absolute atomic E-state index is 0.761. The molecule has 0 bridgehead atoms. The Morgan fingerprint density at radius 1 is 1.50 bits per heavy atom. The number of nitrogens with zero attached hydrogens (tertiary/aromatic N) is 1. The van der Waals surface area contributed by atoms with E-state index in [1.807, 2.05) is 6.07 Å². The second-order valence-electron chi connectivity index (χ2n) is 3.42. The topological polar surface area (TPSA) is 45.3 Å². The van der Waals surface area contributed by atoms with Crippen LogP contribution in [0.1, 0.15) is 16.1 Å². The van der Waals surface area contributed by atoms with Gasteiger partial charge in [-0.1, -0.05) is 0 Å². The third-order valence-electron chi connectivity index (χ3n) is 2.48. The maximum absolute atomic E-state index is 10.7. The minimum Gasteiger partial charge on any atom is -0.379 e. The molecule has 0 aromatic carbocycles. The van der Waals surface area contributed by atoms with Crippen LogP contribution < -0.4 is 0 Å². The highest BCUT2D eigenvalue weighted by molar-refractivity contribution is 5.76. The quantitative estimate of drug-likeness (QED) is 0.719. The predicted octanol–water partition coefficient (Wildman–Crippen LogP) is 0.659. The van der Waals surface area contributed by atoms with Crippen molar-refractivity contribution in [1.29, 1.82) is 0 Å². The number of aldehydes is 1. The zero-order valence-electron chi connectivity index (χ0n) is 8.03. The molecule has 1 fully saturated rings. The summed E-state index contributed by atoms with van der Waals surface area (Å²) in [6.07, 6.45) is 2.70. The van der Waals surface area contributed by atoms with Crippen LogP contribution in [0.15, 0.2) is 12.3 Å². The molecule has 0 spiro atoms. The van der Waals surface area contributed by atoms with Crippen LogP contribution >= 0.6 is 0 Å². The third-order valence-corrected chi connectivity index (χ3v) is 2.48. The molecule has 76 valence electrons. The van der Waals surface area contributed by atoms with Crippen LogP contribution in [0.2, 0.25) is 0 Å². The number of carbonyl (C=O) groups is 1. The molecule has 1 aliphatic heterocycles. The monoisotopic (exact) mass is 194 g/mol. The fraction of sp³-hybridized carbons (Fsp3) is 0.500. The number of aromatic nitrogens is 1. The second kappa shape index (κ2) is 4.39. The van der Waals surface area contributed by atoms with Gasteiger partial charge >= 0.3 is 0 Å². The molecule has 0 saturated carbocycles. The van der Waals surface area contributed by atoms with Gasteiger partial charge in [0.1, 0.15) is 0 Å². The normalized spacial score (nSPS) is 18.3. The van der Waals surface area contributed by atoms with Gasteiger partial charge in [0.2, 0.25) is 0 Å². The molecule has 0 radical (unpaired) electrons. The van der Waals surface area contributed by atoms with E-state index in [0.29, 0.717) is 0 Å². The number of H-pyrrole nitrogens is 1. The molecule has 0 atom stereocenters. The lowest BCUT2D eigenvalue weighted by Crippen LogP contribution is -2.35. The number of nitrogens with one attached hydrogen (secondary N) is 1. The molecule has 4 heteroatoms. The number of ether oxygens (including phenoxy) is 1. The average molecular weight is 194 g/mol. The van der Waals surface area contributed by atoms with E-state index in [1.165, 1.54) is 0 Å². The zero-order valence-corrected chi connectivity index (χ0v) is 8.03. The van der Waals surface area contributed by atoms with Gasteiger partial charge in [0.25, 0.3) is 0 Å². The van der Waals surface area contributed by atoms with Gasteiger partial charge in [0.15, 0.2) is 6.29 Å². The van der Waals surface area contributed by atoms with Crippen molar-refractivity contribution in [3.63, 3.8) is 0 Å². The van der Waals surface area contributed by atoms with Gasteiger partial charge in [-0.25, -0.2) is 0 Å². The van der Waals surface area contributed by atoms with Crippen molar-refractivity contribution >= 4 is 6.29 Å². The third kappa shape index (κ3) is 2.02. The second-order valence-corrected chi connectivity index (χ2v) is 3.42. The number of hydrogen-bond donors (Lipinski definition) is 1. The van der Waals surface area contributed by atoms with Crippen molar-refractivity contribution in [3.05, 3.63) is 23.5 Å². The van der Waals surface area contributed by atoms with E-state index < -0.39 is 0 Å². The van der Waals surface area contributed by atoms with E-state index >= 15 is 0 Å². The summed E-state index contributed by atoms with van der Waals surface area (Å²) in [4.78, 5) is 16.0. The summed E-state index contributed by atoms with van der Waals surface area (Å²) < 4.78 is 5.25. The molecule has 1 aromatic heterocycles. The van der Waals surface area contributed by atoms with E-state index in [4.69, 9.17) is 4.74 Å². The molecular weight excluding hydrogens is 180 g/mol. The molecule has 2 heterocycles. The minimum atomic E-state index is 0.761. The van der Waals surface area contributed by atoms with Gasteiger partial charge in [-0.15, -0.1) is 0 Å². The molecule has 0 aliphatic carbocycles. The van der Waals surface area contributed by atoms with Crippen molar-refractivity contribution < 1.29 is 9.53 Å². The summed E-state index contributed by atoms with van der Waals surface area (Å²) in [7, 11) is 0. The standard InChI is InChI=1S/C10H14N2O2/c13-8-9-1-2-11-10(9)7-12-3-5-14-6-4-12/h1-2,8,11H,3-7H2. The van der Waals surface area contributed by atoms with Crippen molar-refractivity contribution in [2.45, 2.75) is 6.54 Å². The number of morpholine rings is 1. The van der Waals surface area contributed by atoms with Gasteiger partial charge in [0, 0.05) is 37.1 Å². The Bertz CT molecular complexity index is 303. The van der Waals surface area contributed by atoms with Gasteiger partial charge in [0.05, 0.1) is 13.2 Å². The summed E-state index contributed by atoms with van der Waals surface area (Å²) in [5.74, 6) is 0. The van der Waals surface area contributed by atoms with E-state index in [-0.39, 0.29) is 0 Å². The zero-order chi connectivity index (χ0) is 9.80. The first kappa shape index (κ1) is 9.43. The lowest BCUT2D eigenvalue weighted by atomic mass is 10.2. The summed E-state index contributed by atoms with van der Waals surface area (Å²) in [6, 6.07) is 1.81. The molecule has 0 amide bonds. The van der Waals surface area contributed by atoms with Crippen molar-refractivity contribution in [1.82, 2.24) is 9.88 Å². The Morgan fingerprint density at radius 3 is 3.00 bits per heavy atom. The molecule has 0 unspecified atom stereocenters. The molecular formula is C10H14N2O2. The first-order valence-corrected chi connectivity index (χ1v) is 4.81. The fourth-order valence-corrected chi connectivity index (χ4v) is 1.65. The Kier molecular flexibility index (Phi) is 2.96. The van der Waals surface area contributed by atoms with E-state index in [0.717, 1.165) is 50.4 Å². The van der Waals surface area contributed by atoms with E-state index in [2.05, 4.69) is 9.88 Å². The largest absolute Gasteiger partial charge is 0.379 e. The number of hydrogen-bond acceptors (Lipinski definition) is 3. The van der Waals surface area contributed by atoms with Crippen LogP contribution in [0.4, 0.5) is 0 Å². The predicted molar refractivity (Wildman–Crippen MR) is 52.3 cm³/mol. The average Bonchev–Trinajstić information content (AvgIpc) is 2.67. The van der Waals surface area contributed by atoms with E-state index in [9.17, 15) is 4.79 Å². The van der Waals surface area contributed by atoms with Crippen LogP contribution in [0, 0.1) is 0 Å². The highest BCUT2D eigenvalue weighted by Gasteiger charge is 2.12. The molecule has 2 rings (SSSR count). The molecule has 1 aliphatic rings. The molecule has 4 nitrogen and oxygen atoms in total. The molecule has 1 saturated heterocycles. The SMILES string of the molecule is O=Cc1cc[nH]c1CN1CCOCC1. The highest BCUT2D eigenvalue weighted by atomic mass is 16.5. The van der Waals surface area contributed by atoms with Crippen molar-refractivity contribution in [2.24, 2.45) is 0 Å². The lowest BCUT2D eigenvalue weighted by molar-refractivity contribution is 0.0336. The van der Waals surface area contributed by atoms with Crippen molar-refractivity contribution in [3.8, 4) is 0 Å². The Hall–Kier alpha value is -1.13. The van der Waals surface area contributed by atoms with Crippen LogP contribution in [-0.4, -0.2) is 42.5 Å². The summed E-state index contributed by atoms with van der Waals surface area (Å²) in [5.41, 5.74) is 1.76. The first-order valence-electron chi connectivity index (χ1n) is 4.81. The maximum atomic E-state index is 10.7. The van der Waals surface area contributed by atoms with Gasteiger partial charge < -0.3 is 9.72 Å². The Labute approximate surface area is 82.9 Å². The molecule has 1 aromatic rings. The number of aromatic amines is 1. The van der Waals surface area contributed by atoms with Gasteiger partial charge in [-0.05, 0) is 6.07 Å². The van der Waals surface area contributed by atoms with Crippen LogP contribution in [0.5, 0.6) is 0 Å². The summed E-state index contributed by atoms with van der Waals surface area (Å²) in [6.45, 7) is 4.27. The molecule has 14 heavy (non-hydrogen) atoms. The Balaban J connectivity index is 1.98. The highest BCUT2D eigenvalue weighted by Crippen LogP contribution is 2.08. The summed E-state index contributed by atoms with van der Waals surface area (Å²) >= 11 is 0. The van der Waals surface area contributed by atoms with Crippen LogP contribution in [0.25, 0.3) is 0 Å². The summed E-state index contributed by atoms with van der Waals surface area (Å²) in [5, 5.41) is 0. The Morgan fingerprint density at radius 2 is 2.29 bits per heavy atom. The smallest absolute Gasteiger partial charge is 0.151 e. The van der Waals surface area contributed by atoms with Crippen molar-refractivity contribution in [2.75, 3.05) is 26.3 Å². The van der Waals surface area contributed by atoms with E-state index in [1.54, 1.807) is 6.20 Å². The molecule has 1 N–H and O–H groups in total. The fourth-order valence-electron chi connectivity index (χ4n) is 1.65. The van der Waals surface area contributed by atoms with Gasteiger partial charge in [-0.2, -0.15) is 0 Å². The first-order chi connectivity index (χ1) is 6.90. The van der Waals surface area contributed by atoms with Crippen LogP contribution in [-0.2, 0) is 11.3 Å². The van der Waals surface area contributed by atoms with Gasteiger partial charge in [-0.3, -0.25) is 9.69 Å².